The first kappa shape index (κ1) is 8.60. The highest BCUT2D eigenvalue weighted by molar-refractivity contribution is 8.68. The van der Waals surface area contributed by atoms with Crippen LogP contribution < -0.4 is 0 Å². The summed E-state index contributed by atoms with van der Waals surface area (Å²) in [4.78, 5) is 0.887. The van der Waals surface area contributed by atoms with Crippen molar-refractivity contribution < 1.29 is 0 Å². The van der Waals surface area contributed by atoms with E-state index >= 15 is 0 Å². The molecule has 54 valence electrons. The normalized spacial score (nSPS) is 9.90. The fourth-order valence-electron chi connectivity index (χ4n) is 0.547. The van der Waals surface area contributed by atoms with Crippen molar-refractivity contribution in [3.63, 3.8) is 0 Å². The number of hydrogen-bond donors (Lipinski definition) is 1. The Labute approximate surface area is 78.7 Å². The summed E-state index contributed by atoms with van der Waals surface area (Å²) < 4.78 is 0. The molecule has 0 heterocycles. The molecule has 0 bridgehead atoms. The van der Waals surface area contributed by atoms with Crippen LogP contribution in [0.25, 0.3) is 0 Å². The van der Waals surface area contributed by atoms with Gasteiger partial charge in [-0.15, -0.1) is 11.7 Å². The van der Waals surface area contributed by atoms with Gasteiger partial charge in [0.05, 0.1) is 5.02 Å². The molecular weight excluding hydrogens is 207 g/mol. The van der Waals surface area contributed by atoms with Crippen molar-refractivity contribution in [2.75, 3.05) is 0 Å². The van der Waals surface area contributed by atoms with Gasteiger partial charge < -0.3 is 0 Å². The SMILES string of the molecule is SSc1cc(Cl)ccc1Cl. The Hall–Kier alpha value is 0.500. The van der Waals surface area contributed by atoms with Crippen molar-refractivity contribution in [3.8, 4) is 0 Å². The van der Waals surface area contributed by atoms with Crippen LogP contribution in [0, 0.1) is 0 Å². The van der Waals surface area contributed by atoms with Crippen molar-refractivity contribution in [1.29, 1.82) is 0 Å². The van der Waals surface area contributed by atoms with E-state index in [1.165, 1.54) is 10.8 Å². The first-order valence-electron chi connectivity index (χ1n) is 2.50. The maximum absolute atomic E-state index is 5.77. The molecule has 0 spiro atoms. The molecule has 0 amide bonds. The Morgan fingerprint density at radius 1 is 1.30 bits per heavy atom. The minimum Gasteiger partial charge on any atom is -0.106 e. The Morgan fingerprint density at radius 3 is 2.50 bits per heavy atom. The van der Waals surface area contributed by atoms with E-state index in [9.17, 15) is 0 Å². The summed E-state index contributed by atoms with van der Waals surface area (Å²) in [6.07, 6.45) is 0. The fourth-order valence-corrected chi connectivity index (χ4v) is 1.97. The van der Waals surface area contributed by atoms with Gasteiger partial charge in [-0.1, -0.05) is 34.0 Å². The average Bonchev–Trinajstić information content (AvgIpc) is 1.94. The molecule has 0 saturated carbocycles. The first-order valence-corrected chi connectivity index (χ1v) is 5.13. The fraction of sp³-hybridized carbons (Fsp3) is 0. The van der Waals surface area contributed by atoms with E-state index in [4.69, 9.17) is 23.2 Å². The molecule has 0 radical (unpaired) electrons. The smallest absolute Gasteiger partial charge is 0.0551 e. The zero-order valence-electron chi connectivity index (χ0n) is 4.84. The molecule has 0 fully saturated rings. The maximum Gasteiger partial charge on any atom is 0.0551 e. The predicted molar refractivity (Wildman–Crippen MR) is 51.3 cm³/mol. The van der Waals surface area contributed by atoms with Crippen LogP contribution >= 0.6 is 45.7 Å². The second kappa shape index (κ2) is 3.77. The van der Waals surface area contributed by atoms with Crippen LogP contribution in [-0.4, -0.2) is 0 Å². The maximum atomic E-state index is 5.77. The predicted octanol–water partition coefficient (Wildman–Crippen LogP) is 3.93. The number of rotatable bonds is 1. The second-order valence-corrected chi connectivity index (χ2v) is 3.68. The Balaban J connectivity index is 3.09. The third-order valence-corrected chi connectivity index (χ3v) is 2.79. The van der Waals surface area contributed by atoms with Gasteiger partial charge in [0, 0.05) is 9.92 Å². The summed E-state index contributed by atoms with van der Waals surface area (Å²) in [6.45, 7) is 0. The summed E-state index contributed by atoms with van der Waals surface area (Å²) in [5, 5.41) is 1.37. The summed E-state index contributed by atoms with van der Waals surface area (Å²) in [5.41, 5.74) is 0. The molecule has 0 saturated heterocycles. The van der Waals surface area contributed by atoms with Crippen LogP contribution in [-0.2, 0) is 0 Å². The number of hydrogen-bond acceptors (Lipinski definition) is 2. The number of halogens is 2. The lowest BCUT2D eigenvalue weighted by Gasteiger charge is -1.97. The molecule has 0 unspecified atom stereocenters. The van der Waals surface area contributed by atoms with Crippen LogP contribution in [0.15, 0.2) is 23.1 Å². The van der Waals surface area contributed by atoms with E-state index in [0.717, 1.165) is 4.90 Å². The summed E-state index contributed by atoms with van der Waals surface area (Å²) in [5.74, 6) is 0. The molecule has 0 aliphatic rings. The van der Waals surface area contributed by atoms with E-state index in [1.807, 2.05) is 0 Å². The average molecular weight is 211 g/mol. The second-order valence-electron chi connectivity index (χ2n) is 1.67. The zero-order chi connectivity index (χ0) is 7.56. The highest BCUT2D eigenvalue weighted by Crippen LogP contribution is 2.31. The monoisotopic (exact) mass is 210 g/mol. The minimum atomic E-state index is 0.681. The molecule has 1 aromatic rings. The van der Waals surface area contributed by atoms with E-state index in [-0.39, 0.29) is 0 Å². The van der Waals surface area contributed by atoms with Gasteiger partial charge in [0.15, 0.2) is 0 Å². The van der Waals surface area contributed by atoms with Crippen LogP contribution in [0.4, 0.5) is 0 Å². The molecule has 10 heavy (non-hydrogen) atoms. The van der Waals surface area contributed by atoms with Crippen LogP contribution in [0.5, 0.6) is 0 Å². The van der Waals surface area contributed by atoms with E-state index in [2.05, 4.69) is 11.7 Å². The molecule has 0 nitrogen and oxygen atoms in total. The molecule has 0 atom stereocenters. The standard InChI is InChI=1S/C6H4Cl2S2/c7-4-1-2-5(8)6(3-4)10-9/h1-3,9H. The highest BCUT2D eigenvalue weighted by Gasteiger charge is 1.98. The third-order valence-electron chi connectivity index (χ3n) is 0.992. The molecule has 0 aromatic heterocycles. The lowest BCUT2D eigenvalue weighted by Crippen LogP contribution is -1.69. The molecule has 1 rings (SSSR count). The van der Waals surface area contributed by atoms with Crippen molar-refractivity contribution in [2.24, 2.45) is 0 Å². The van der Waals surface area contributed by atoms with Crippen LogP contribution in [0.1, 0.15) is 0 Å². The molecule has 1 aromatic carbocycles. The van der Waals surface area contributed by atoms with Gasteiger partial charge in [0.1, 0.15) is 0 Å². The van der Waals surface area contributed by atoms with Gasteiger partial charge in [-0.05, 0) is 18.2 Å². The van der Waals surface area contributed by atoms with Gasteiger partial charge in [-0.2, -0.15) is 0 Å². The lowest BCUT2D eigenvalue weighted by molar-refractivity contribution is 1.48. The molecule has 4 heteroatoms. The Kier molecular flexibility index (Phi) is 3.24. The summed E-state index contributed by atoms with van der Waals surface area (Å²) >= 11 is 15.5. The highest BCUT2D eigenvalue weighted by atomic mass is 35.5. The number of benzene rings is 1. The molecule has 0 aliphatic carbocycles. The Bertz CT molecular complexity index is 237. The molecule has 0 N–H and O–H groups in total. The van der Waals surface area contributed by atoms with Gasteiger partial charge in [-0.3, -0.25) is 0 Å². The largest absolute Gasteiger partial charge is 0.106 e. The third kappa shape index (κ3) is 1.99. The van der Waals surface area contributed by atoms with E-state index < -0.39 is 0 Å². The summed E-state index contributed by atoms with van der Waals surface area (Å²) in [6, 6.07) is 5.28. The van der Waals surface area contributed by atoms with Gasteiger partial charge >= 0.3 is 0 Å². The molecular formula is C6H4Cl2S2. The number of thiol groups is 1. The van der Waals surface area contributed by atoms with Gasteiger partial charge in [-0.25, -0.2) is 0 Å². The lowest BCUT2D eigenvalue weighted by atomic mass is 10.4. The van der Waals surface area contributed by atoms with Gasteiger partial charge in [0.2, 0.25) is 0 Å². The van der Waals surface area contributed by atoms with E-state index in [0.29, 0.717) is 10.0 Å². The van der Waals surface area contributed by atoms with Crippen molar-refractivity contribution in [2.45, 2.75) is 4.90 Å². The minimum absolute atomic E-state index is 0.681. The van der Waals surface area contributed by atoms with Crippen molar-refractivity contribution in [3.05, 3.63) is 28.2 Å². The van der Waals surface area contributed by atoms with Crippen LogP contribution in [0.2, 0.25) is 10.0 Å². The van der Waals surface area contributed by atoms with Gasteiger partial charge in [0.25, 0.3) is 0 Å². The summed E-state index contributed by atoms with van der Waals surface area (Å²) in [7, 11) is 1.29. The van der Waals surface area contributed by atoms with Crippen LogP contribution in [0.3, 0.4) is 0 Å². The Morgan fingerprint density at radius 2 is 2.00 bits per heavy atom. The topological polar surface area (TPSA) is 0 Å². The molecule has 0 aliphatic heterocycles. The zero-order valence-corrected chi connectivity index (χ0v) is 8.07. The quantitative estimate of drug-likeness (QED) is 0.542. The van der Waals surface area contributed by atoms with E-state index in [1.54, 1.807) is 18.2 Å². The van der Waals surface area contributed by atoms with Crippen molar-refractivity contribution in [1.82, 2.24) is 0 Å². The van der Waals surface area contributed by atoms with Crippen molar-refractivity contribution >= 4 is 45.7 Å². The first-order chi connectivity index (χ1) is 4.74.